The van der Waals surface area contributed by atoms with E-state index < -0.39 is 0 Å². The van der Waals surface area contributed by atoms with Crippen molar-refractivity contribution in [3.05, 3.63) is 36.0 Å². The van der Waals surface area contributed by atoms with Crippen molar-refractivity contribution in [3.63, 3.8) is 0 Å². The lowest BCUT2D eigenvalue weighted by Crippen LogP contribution is -1.95. The maximum Gasteiger partial charge on any atom is -0.0276 e. The van der Waals surface area contributed by atoms with E-state index in [4.69, 9.17) is 0 Å². The molecule has 1 aliphatic carbocycles. The first-order chi connectivity index (χ1) is 5.38. The Morgan fingerprint density at radius 3 is 2.36 bits per heavy atom. The van der Waals surface area contributed by atoms with E-state index in [1.165, 1.54) is 36.8 Å². The molecule has 0 heterocycles. The molecule has 1 aliphatic rings. The first-order valence-electron chi connectivity index (χ1n) is 4.35. The van der Waals surface area contributed by atoms with E-state index in [9.17, 15) is 0 Å². The molecule has 0 amide bonds. The molecule has 0 atom stereocenters. The third-order valence-corrected chi connectivity index (χ3v) is 2.17. The number of hydrogen-bond donors (Lipinski definition) is 0. The Morgan fingerprint density at radius 1 is 1.18 bits per heavy atom. The molecular weight excluding hydrogens is 132 g/mol. The molecule has 11 heavy (non-hydrogen) atoms. The summed E-state index contributed by atoms with van der Waals surface area (Å²) < 4.78 is 0. The second-order valence-electron chi connectivity index (χ2n) is 2.96. The van der Waals surface area contributed by atoms with Crippen LogP contribution in [0, 0.1) is 0 Å². The van der Waals surface area contributed by atoms with Gasteiger partial charge in [-0.2, -0.15) is 0 Å². The van der Waals surface area contributed by atoms with Gasteiger partial charge in [-0.3, -0.25) is 0 Å². The highest BCUT2D eigenvalue weighted by Gasteiger charge is 2.06. The summed E-state index contributed by atoms with van der Waals surface area (Å²) in [5.41, 5.74) is 2.95. The number of allylic oxidation sites excluding steroid dienone is 5. The van der Waals surface area contributed by atoms with Crippen molar-refractivity contribution in [1.29, 1.82) is 0 Å². The van der Waals surface area contributed by atoms with E-state index in [0.717, 1.165) is 0 Å². The Hall–Kier alpha value is -0.780. The molecule has 0 unspecified atom stereocenters. The lowest BCUT2D eigenvalue weighted by atomic mass is 9.91. The standard InChI is InChI=1S/C11H16/c1-3-7-11-9-6-5-8-10(11)4-2/h3-4,7H,2,5-6,8-9H2,1H3. The van der Waals surface area contributed by atoms with Gasteiger partial charge >= 0.3 is 0 Å². The Morgan fingerprint density at radius 2 is 1.82 bits per heavy atom. The summed E-state index contributed by atoms with van der Waals surface area (Å²) in [4.78, 5) is 0. The topological polar surface area (TPSA) is 0 Å². The van der Waals surface area contributed by atoms with Gasteiger partial charge in [0, 0.05) is 0 Å². The van der Waals surface area contributed by atoms with Gasteiger partial charge in [0.2, 0.25) is 0 Å². The maximum absolute atomic E-state index is 3.83. The van der Waals surface area contributed by atoms with E-state index in [1.807, 2.05) is 6.08 Å². The zero-order valence-corrected chi connectivity index (χ0v) is 7.27. The van der Waals surface area contributed by atoms with Crippen LogP contribution in [0.5, 0.6) is 0 Å². The average molecular weight is 148 g/mol. The Kier molecular flexibility index (Phi) is 3.15. The third-order valence-electron chi connectivity index (χ3n) is 2.17. The first kappa shape index (κ1) is 8.32. The van der Waals surface area contributed by atoms with Crippen LogP contribution in [0.25, 0.3) is 0 Å². The van der Waals surface area contributed by atoms with Gasteiger partial charge in [-0.25, -0.2) is 0 Å². The summed E-state index contributed by atoms with van der Waals surface area (Å²) in [6, 6.07) is 0. The SMILES string of the molecule is C=CC1=C(C=CC)CCCC1. The molecule has 0 spiro atoms. The second kappa shape index (κ2) is 4.17. The zero-order chi connectivity index (χ0) is 8.10. The molecule has 0 aliphatic heterocycles. The van der Waals surface area contributed by atoms with Gasteiger partial charge in [-0.1, -0.05) is 24.8 Å². The first-order valence-corrected chi connectivity index (χ1v) is 4.35. The van der Waals surface area contributed by atoms with E-state index in [-0.39, 0.29) is 0 Å². The molecule has 0 radical (unpaired) electrons. The van der Waals surface area contributed by atoms with Crippen LogP contribution >= 0.6 is 0 Å². The minimum absolute atomic E-state index is 1.23. The molecule has 1 rings (SSSR count). The molecule has 0 N–H and O–H groups in total. The molecule has 60 valence electrons. The van der Waals surface area contributed by atoms with Crippen LogP contribution in [0.1, 0.15) is 32.6 Å². The summed E-state index contributed by atoms with van der Waals surface area (Å²) >= 11 is 0. The van der Waals surface area contributed by atoms with Crippen molar-refractivity contribution in [1.82, 2.24) is 0 Å². The van der Waals surface area contributed by atoms with Crippen LogP contribution in [0.4, 0.5) is 0 Å². The quantitative estimate of drug-likeness (QED) is 0.561. The molecule has 0 aromatic rings. The molecule has 0 fully saturated rings. The highest BCUT2D eigenvalue weighted by Crippen LogP contribution is 2.25. The molecule has 0 saturated carbocycles. The van der Waals surface area contributed by atoms with Crippen molar-refractivity contribution in [2.45, 2.75) is 32.6 Å². The molecular formula is C11H16. The van der Waals surface area contributed by atoms with Gasteiger partial charge in [-0.05, 0) is 43.8 Å². The Labute approximate surface area is 69.3 Å². The van der Waals surface area contributed by atoms with Gasteiger partial charge < -0.3 is 0 Å². The maximum atomic E-state index is 3.83. The summed E-state index contributed by atoms with van der Waals surface area (Å²) in [5, 5.41) is 0. The second-order valence-corrected chi connectivity index (χ2v) is 2.96. The molecule has 0 aromatic heterocycles. The lowest BCUT2D eigenvalue weighted by molar-refractivity contribution is 0.693. The van der Waals surface area contributed by atoms with E-state index in [1.54, 1.807) is 0 Å². The van der Waals surface area contributed by atoms with E-state index in [2.05, 4.69) is 25.7 Å². The molecule has 0 saturated heterocycles. The third kappa shape index (κ3) is 2.07. The fourth-order valence-corrected chi connectivity index (χ4v) is 1.58. The van der Waals surface area contributed by atoms with E-state index in [0.29, 0.717) is 0 Å². The van der Waals surface area contributed by atoms with Crippen LogP contribution in [-0.2, 0) is 0 Å². The Balaban J connectivity index is 2.81. The van der Waals surface area contributed by atoms with Crippen molar-refractivity contribution in [3.8, 4) is 0 Å². The van der Waals surface area contributed by atoms with Gasteiger partial charge in [0.15, 0.2) is 0 Å². The summed E-state index contributed by atoms with van der Waals surface area (Å²) in [5.74, 6) is 0. The number of rotatable bonds is 2. The summed E-state index contributed by atoms with van der Waals surface area (Å²) in [7, 11) is 0. The normalized spacial score (nSPS) is 19.4. The van der Waals surface area contributed by atoms with Crippen molar-refractivity contribution >= 4 is 0 Å². The van der Waals surface area contributed by atoms with E-state index >= 15 is 0 Å². The van der Waals surface area contributed by atoms with Crippen molar-refractivity contribution in [2.75, 3.05) is 0 Å². The smallest absolute Gasteiger partial charge is 0.0276 e. The van der Waals surface area contributed by atoms with Gasteiger partial charge in [0.25, 0.3) is 0 Å². The average Bonchev–Trinajstić information content (AvgIpc) is 2.06. The van der Waals surface area contributed by atoms with Crippen molar-refractivity contribution in [2.24, 2.45) is 0 Å². The van der Waals surface area contributed by atoms with Crippen LogP contribution in [0.2, 0.25) is 0 Å². The van der Waals surface area contributed by atoms with Gasteiger partial charge in [0.1, 0.15) is 0 Å². The Bertz CT molecular complexity index is 194. The monoisotopic (exact) mass is 148 g/mol. The molecule has 0 nitrogen and oxygen atoms in total. The predicted molar refractivity (Wildman–Crippen MR) is 50.5 cm³/mol. The molecule has 0 heteroatoms. The largest absolute Gasteiger partial charge is 0.0988 e. The predicted octanol–water partition coefficient (Wildman–Crippen LogP) is 3.62. The van der Waals surface area contributed by atoms with Crippen LogP contribution in [-0.4, -0.2) is 0 Å². The van der Waals surface area contributed by atoms with Crippen LogP contribution in [0.15, 0.2) is 36.0 Å². The fourth-order valence-electron chi connectivity index (χ4n) is 1.58. The van der Waals surface area contributed by atoms with Crippen LogP contribution < -0.4 is 0 Å². The summed E-state index contributed by atoms with van der Waals surface area (Å²) in [6.45, 7) is 5.90. The lowest BCUT2D eigenvalue weighted by Gasteiger charge is -2.14. The zero-order valence-electron chi connectivity index (χ0n) is 7.27. The highest BCUT2D eigenvalue weighted by atomic mass is 14.1. The number of hydrogen-bond acceptors (Lipinski definition) is 0. The van der Waals surface area contributed by atoms with Crippen molar-refractivity contribution < 1.29 is 0 Å². The van der Waals surface area contributed by atoms with Gasteiger partial charge in [0.05, 0.1) is 0 Å². The van der Waals surface area contributed by atoms with Crippen LogP contribution in [0.3, 0.4) is 0 Å². The highest BCUT2D eigenvalue weighted by molar-refractivity contribution is 5.33. The minimum Gasteiger partial charge on any atom is -0.0988 e. The van der Waals surface area contributed by atoms with Gasteiger partial charge in [-0.15, -0.1) is 0 Å². The minimum atomic E-state index is 1.23. The summed E-state index contributed by atoms with van der Waals surface area (Å²) in [6.07, 6.45) is 11.5. The molecule has 0 bridgehead atoms. The molecule has 0 aromatic carbocycles. The fraction of sp³-hybridized carbons (Fsp3) is 0.455.